The molecule has 2 N–H and O–H groups in total. The van der Waals surface area contributed by atoms with Gasteiger partial charge >= 0.3 is 0 Å². The van der Waals surface area contributed by atoms with Crippen molar-refractivity contribution in [2.45, 2.75) is 37.8 Å². The molecule has 0 aliphatic carbocycles. The average Bonchev–Trinajstić information content (AvgIpc) is 2.36. The highest BCUT2D eigenvalue weighted by molar-refractivity contribution is 5.34. The first-order chi connectivity index (χ1) is 8.15. The predicted molar refractivity (Wildman–Crippen MR) is 70.9 cm³/mol. The Balaban J connectivity index is 2.25. The molecule has 2 unspecified atom stereocenters. The molecule has 1 aliphatic heterocycles. The third-order valence-electron chi connectivity index (χ3n) is 3.59. The normalized spacial score (nSPS) is 22.6. The lowest BCUT2D eigenvalue weighted by Gasteiger charge is -2.38. The summed E-state index contributed by atoms with van der Waals surface area (Å²) in [5.74, 6) is 0. The molecule has 0 saturated carbocycles. The Bertz CT molecular complexity index is 398. The highest BCUT2D eigenvalue weighted by atomic mass is 16.3. The predicted octanol–water partition coefficient (Wildman–Crippen LogP) is 2.59. The zero-order valence-electron chi connectivity index (χ0n) is 10.4. The van der Waals surface area contributed by atoms with Crippen molar-refractivity contribution >= 4 is 0 Å². The molecule has 2 heteroatoms. The van der Waals surface area contributed by atoms with Gasteiger partial charge in [-0.25, -0.2) is 0 Å². The van der Waals surface area contributed by atoms with Crippen molar-refractivity contribution in [3.63, 3.8) is 0 Å². The van der Waals surface area contributed by atoms with Gasteiger partial charge in [-0.15, -0.1) is 6.58 Å². The lowest BCUT2D eigenvalue weighted by atomic mass is 9.82. The van der Waals surface area contributed by atoms with Gasteiger partial charge in [0.15, 0.2) is 0 Å². The molecule has 0 amide bonds. The number of hydrogen-bond donors (Lipinski definition) is 2. The first-order valence-electron chi connectivity index (χ1n) is 6.29. The van der Waals surface area contributed by atoms with Crippen molar-refractivity contribution in [1.82, 2.24) is 5.32 Å². The van der Waals surface area contributed by atoms with Crippen LogP contribution in [0, 0.1) is 0 Å². The Morgan fingerprint density at radius 3 is 3.06 bits per heavy atom. The van der Waals surface area contributed by atoms with Crippen LogP contribution in [-0.4, -0.2) is 17.3 Å². The van der Waals surface area contributed by atoms with Crippen LogP contribution in [0.3, 0.4) is 0 Å². The molecular weight excluding hydrogens is 210 g/mol. The van der Waals surface area contributed by atoms with Gasteiger partial charge in [-0.05, 0) is 43.9 Å². The van der Waals surface area contributed by atoms with Gasteiger partial charge in [0.2, 0.25) is 0 Å². The maximum Gasteiger partial charge on any atom is 0.0816 e. The van der Waals surface area contributed by atoms with Gasteiger partial charge in [0, 0.05) is 0 Å². The minimum Gasteiger partial charge on any atom is -0.388 e. The van der Waals surface area contributed by atoms with E-state index in [4.69, 9.17) is 0 Å². The number of allylic oxidation sites excluding steroid dienone is 1. The fourth-order valence-electron chi connectivity index (χ4n) is 2.60. The third kappa shape index (κ3) is 2.59. The van der Waals surface area contributed by atoms with Crippen LogP contribution in [0.1, 0.15) is 36.9 Å². The number of fused-ring (bicyclic) bond motifs is 1. The topological polar surface area (TPSA) is 32.3 Å². The van der Waals surface area contributed by atoms with E-state index in [1.807, 2.05) is 19.1 Å². The summed E-state index contributed by atoms with van der Waals surface area (Å²) in [5.41, 5.74) is 1.88. The minimum absolute atomic E-state index is 0.0346. The van der Waals surface area contributed by atoms with Gasteiger partial charge in [0.25, 0.3) is 0 Å². The van der Waals surface area contributed by atoms with Gasteiger partial charge in [0.05, 0.1) is 11.6 Å². The Labute approximate surface area is 103 Å². The van der Waals surface area contributed by atoms with Crippen molar-refractivity contribution < 1.29 is 5.11 Å². The van der Waals surface area contributed by atoms with Crippen LogP contribution in [0.5, 0.6) is 0 Å². The van der Waals surface area contributed by atoms with Gasteiger partial charge in [-0.3, -0.25) is 0 Å². The average molecular weight is 231 g/mol. The van der Waals surface area contributed by atoms with E-state index in [0.29, 0.717) is 0 Å². The molecule has 0 saturated heterocycles. The Morgan fingerprint density at radius 2 is 2.29 bits per heavy atom. The monoisotopic (exact) mass is 231 g/mol. The van der Waals surface area contributed by atoms with Crippen LogP contribution >= 0.6 is 0 Å². The molecule has 2 nitrogen and oxygen atoms in total. The number of nitrogens with one attached hydrogen (secondary N) is 1. The lowest BCUT2D eigenvalue weighted by molar-refractivity contribution is 0.00904. The van der Waals surface area contributed by atoms with Crippen molar-refractivity contribution in [2.24, 2.45) is 0 Å². The third-order valence-corrected chi connectivity index (χ3v) is 3.59. The Hall–Kier alpha value is -1.12. The lowest BCUT2D eigenvalue weighted by Crippen LogP contribution is -2.45. The van der Waals surface area contributed by atoms with Crippen LogP contribution < -0.4 is 5.32 Å². The largest absolute Gasteiger partial charge is 0.388 e. The molecule has 2 rings (SSSR count). The van der Waals surface area contributed by atoms with Gasteiger partial charge < -0.3 is 10.4 Å². The van der Waals surface area contributed by atoms with Crippen LogP contribution in [0.15, 0.2) is 36.9 Å². The molecule has 1 aliphatic rings. The zero-order valence-corrected chi connectivity index (χ0v) is 10.4. The highest BCUT2D eigenvalue weighted by Crippen LogP contribution is 2.34. The van der Waals surface area contributed by atoms with E-state index in [0.717, 1.165) is 25.8 Å². The summed E-state index contributed by atoms with van der Waals surface area (Å²) >= 11 is 0. The summed E-state index contributed by atoms with van der Waals surface area (Å²) < 4.78 is 0. The van der Waals surface area contributed by atoms with E-state index in [2.05, 4.69) is 30.1 Å². The second kappa shape index (κ2) is 5.03. The van der Waals surface area contributed by atoms with Crippen LogP contribution in [0.25, 0.3) is 0 Å². The molecule has 0 spiro atoms. The van der Waals surface area contributed by atoms with Gasteiger partial charge in [-0.2, -0.15) is 0 Å². The molecule has 1 heterocycles. The molecule has 1 aromatic rings. The van der Waals surface area contributed by atoms with Crippen molar-refractivity contribution in [1.29, 1.82) is 0 Å². The number of benzene rings is 1. The van der Waals surface area contributed by atoms with E-state index in [-0.39, 0.29) is 6.04 Å². The quantitative estimate of drug-likeness (QED) is 0.781. The molecule has 17 heavy (non-hydrogen) atoms. The fourth-order valence-corrected chi connectivity index (χ4v) is 2.60. The summed E-state index contributed by atoms with van der Waals surface area (Å²) in [6, 6.07) is 8.43. The van der Waals surface area contributed by atoms with Crippen LogP contribution in [0.4, 0.5) is 0 Å². The second-order valence-electron chi connectivity index (χ2n) is 5.02. The van der Waals surface area contributed by atoms with E-state index in [1.165, 1.54) is 11.1 Å². The summed E-state index contributed by atoms with van der Waals surface area (Å²) in [6.45, 7) is 6.57. The van der Waals surface area contributed by atoms with Crippen LogP contribution in [0.2, 0.25) is 0 Å². The van der Waals surface area contributed by atoms with E-state index in [1.54, 1.807) is 0 Å². The maximum absolute atomic E-state index is 10.6. The number of rotatable bonds is 4. The molecule has 0 radical (unpaired) electrons. The first-order valence-corrected chi connectivity index (χ1v) is 6.29. The summed E-state index contributed by atoms with van der Waals surface area (Å²) in [4.78, 5) is 0. The van der Waals surface area contributed by atoms with Crippen molar-refractivity contribution in [2.75, 3.05) is 6.54 Å². The number of hydrogen-bond acceptors (Lipinski definition) is 2. The van der Waals surface area contributed by atoms with E-state index >= 15 is 0 Å². The van der Waals surface area contributed by atoms with Crippen molar-refractivity contribution in [3.8, 4) is 0 Å². The number of aliphatic hydroxyl groups is 1. The molecule has 0 aromatic heterocycles. The first kappa shape index (κ1) is 12.3. The summed E-state index contributed by atoms with van der Waals surface area (Å²) in [6.07, 6.45) is 4.49. The molecule has 2 atom stereocenters. The summed E-state index contributed by atoms with van der Waals surface area (Å²) in [5, 5.41) is 14.0. The van der Waals surface area contributed by atoms with E-state index in [9.17, 15) is 5.11 Å². The Kier molecular flexibility index (Phi) is 3.65. The molecule has 92 valence electrons. The van der Waals surface area contributed by atoms with Crippen LogP contribution in [-0.2, 0) is 6.42 Å². The smallest absolute Gasteiger partial charge is 0.0816 e. The SMILES string of the molecule is C=CCCC(C)(O)C1NCCc2ccccc21. The van der Waals surface area contributed by atoms with Gasteiger partial charge in [0.1, 0.15) is 0 Å². The fraction of sp³-hybridized carbons (Fsp3) is 0.467. The maximum atomic E-state index is 10.6. The highest BCUT2D eigenvalue weighted by Gasteiger charge is 2.34. The molecular formula is C15H21NO. The Morgan fingerprint density at radius 1 is 1.53 bits per heavy atom. The molecule has 0 bridgehead atoms. The van der Waals surface area contributed by atoms with E-state index < -0.39 is 5.60 Å². The van der Waals surface area contributed by atoms with Crippen molar-refractivity contribution in [3.05, 3.63) is 48.0 Å². The standard InChI is InChI=1S/C15H21NO/c1-3-4-10-15(2,17)14-13-8-6-5-7-12(13)9-11-16-14/h3,5-8,14,16-17H,1,4,9-11H2,2H3. The summed E-state index contributed by atoms with van der Waals surface area (Å²) in [7, 11) is 0. The van der Waals surface area contributed by atoms with Gasteiger partial charge in [-0.1, -0.05) is 30.3 Å². The molecule has 0 fully saturated rings. The molecule has 1 aromatic carbocycles. The minimum atomic E-state index is -0.718. The second-order valence-corrected chi connectivity index (χ2v) is 5.02. The zero-order chi connectivity index (χ0) is 12.3.